The molecule has 1 aliphatic heterocycles. The Bertz CT molecular complexity index is 440. The van der Waals surface area contributed by atoms with Gasteiger partial charge >= 0.3 is 0 Å². The van der Waals surface area contributed by atoms with Crippen LogP contribution in [0, 0.1) is 5.41 Å². The van der Waals surface area contributed by atoms with E-state index < -0.39 is 0 Å². The lowest BCUT2D eigenvalue weighted by molar-refractivity contribution is -0.120. The standard InChI is InChI=1S/C11H11ClN2O/c12-7-1-2-8-9(5-7)14-10(15)11(3-4-11)6-13-8/h1-2,5,13H,3-4,6H2,(H,14,15). The van der Waals surface area contributed by atoms with Gasteiger partial charge < -0.3 is 10.6 Å². The van der Waals surface area contributed by atoms with Crippen LogP contribution in [-0.4, -0.2) is 12.5 Å². The van der Waals surface area contributed by atoms with Crippen molar-refractivity contribution in [2.45, 2.75) is 12.8 Å². The number of halogens is 1. The predicted octanol–water partition coefficient (Wildman–Crippen LogP) is 2.48. The fraction of sp³-hybridized carbons (Fsp3) is 0.364. The molecule has 2 N–H and O–H groups in total. The molecule has 0 unspecified atom stereocenters. The van der Waals surface area contributed by atoms with Crippen LogP contribution >= 0.6 is 11.6 Å². The molecule has 1 aliphatic carbocycles. The molecule has 3 rings (SSSR count). The minimum Gasteiger partial charge on any atom is -0.382 e. The van der Waals surface area contributed by atoms with Gasteiger partial charge in [-0.15, -0.1) is 0 Å². The zero-order chi connectivity index (χ0) is 10.5. The number of fused-ring (bicyclic) bond motifs is 1. The number of carbonyl (C=O) groups is 1. The summed E-state index contributed by atoms with van der Waals surface area (Å²) < 4.78 is 0. The summed E-state index contributed by atoms with van der Waals surface area (Å²) in [6.45, 7) is 0.730. The molecule has 4 heteroatoms. The SMILES string of the molecule is O=C1Nc2cc(Cl)ccc2NCC12CC2. The number of hydrogen-bond donors (Lipinski definition) is 2. The van der Waals surface area contributed by atoms with Crippen LogP contribution in [0.5, 0.6) is 0 Å². The van der Waals surface area contributed by atoms with E-state index in [0.717, 1.165) is 30.8 Å². The van der Waals surface area contributed by atoms with Crippen molar-refractivity contribution in [2.75, 3.05) is 17.2 Å². The maximum atomic E-state index is 11.9. The largest absolute Gasteiger partial charge is 0.382 e. The highest BCUT2D eigenvalue weighted by molar-refractivity contribution is 6.31. The third-order valence-electron chi connectivity index (χ3n) is 3.18. The van der Waals surface area contributed by atoms with Crippen molar-refractivity contribution in [3.8, 4) is 0 Å². The summed E-state index contributed by atoms with van der Waals surface area (Å²) >= 11 is 5.89. The summed E-state index contributed by atoms with van der Waals surface area (Å²) in [5.74, 6) is 0.121. The second-order valence-corrected chi connectivity index (χ2v) is 4.71. The van der Waals surface area contributed by atoms with Crippen LogP contribution in [0.2, 0.25) is 5.02 Å². The van der Waals surface area contributed by atoms with E-state index in [2.05, 4.69) is 10.6 Å². The van der Waals surface area contributed by atoms with E-state index in [1.54, 1.807) is 6.07 Å². The van der Waals surface area contributed by atoms with Crippen LogP contribution in [0.25, 0.3) is 0 Å². The van der Waals surface area contributed by atoms with E-state index in [9.17, 15) is 4.79 Å². The van der Waals surface area contributed by atoms with E-state index in [-0.39, 0.29) is 11.3 Å². The average molecular weight is 223 g/mol. The molecule has 0 radical (unpaired) electrons. The molecule has 2 aliphatic rings. The Hall–Kier alpha value is -1.22. The van der Waals surface area contributed by atoms with Crippen LogP contribution in [0.3, 0.4) is 0 Å². The Kier molecular flexibility index (Phi) is 1.74. The Morgan fingerprint density at radius 3 is 2.80 bits per heavy atom. The minimum atomic E-state index is -0.161. The Morgan fingerprint density at radius 1 is 1.27 bits per heavy atom. The molecule has 78 valence electrons. The fourth-order valence-corrected chi connectivity index (χ4v) is 2.10. The smallest absolute Gasteiger partial charge is 0.232 e. The van der Waals surface area contributed by atoms with Gasteiger partial charge in [-0.25, -0.2) is 0 Å². The van der Waals surface area contributed by atoms with E-state index in [4.69, 9.17) is 11.6 Å². The van der Waals surface area contributed by atoms with Crippen molar-refractivity contribution in [3.63, 3.8) is 0 Å². The Morgan fingerprint density at radius 2 is 2.07 bits per heavy atom. The summed E-state index contributed by atoms with van der Waals surface area (Å²) in [7, 11) is 0. The first-order valence-electron chi connectivity index (χ1n) is 5.05. The first-order chi connectivity index (χ1) is 7.20. The van der Waals surface area contributed by atoms with Gasteiger partial charge in [0, 0.05) is 11.6 Å². The molecule has 0 bridgehead atoms. The lowest BCUT2D eigenvalue weighted by Gasteiger charge is -2.08. The summed E-state index contributed by atoms with van der Waals surface area (Å²) in [5.41, 5.74) is 1.58. The van der Waals surface area contributed by atoms with Crippen molar-refractivity contribution in [1.82, 2.24) is 0 Å². The number of nitrogens with one attached hydrogen (secondary N) is 2. The van der Waals surface area contributed by atoms with Gasteiger partial charge in [0.1, 0.15) is 0 Å². The lowest BCUT2D eigenvalue weighted by Crippen LogP contribution is -2.27. The fourth-order valence-electron chi connectivity index (χ4n) is 1.93. The first-order valence-corrected chi connectivity index (χ1v) is 5.42. The number of carbonyl (C=O) groups excluding carboxylic acids is 1. The van der Waals surface area contributed by atoms with E-state index in [1.165, 1.54) is 0 Å². The van der Waals surface area contributed by atoms with Crippen molar-refractivity contribution in [3.05, 3.63) is 23.2 Å². The molecule has 1 saturated carbocycles. The third kappa shape index (κ3) is 1.38. The normalized spacial score (nSPS) is 21.3. The minimum absolute atomic E-state index is 0.121. The molecular weight excluding hydrogens is 212 g/mol. The molecule has 3 nitrogen and oxygen atoms in total. The second-order valence-electron chi connectivity index (χ2n) is 4.28. The van der Waals surface area contributed by atoms with Crippen molar-refractivity contribution >= 4 is 28.9 Å². The third-order valence-corrected chi connectivity index (χ3v) is 3.42. The van der Waals surface area contributed by atoms with Gasteiger partial charge in [0.2, 0.25) is 5.91 Å². The first kappa shape index (κ1) is 9.04. The molecule has 0 saturated heterocycles. The van der Waals surface area contributed by atoms with Crippen LogP contribution < -0.4 is 10.6 Å². The Labute approximate surface area is 92.8 Å². The molecule has 0 aromatic heterocycles. The van der Waals surface area contributed by atoms with Gasteiger partial charge in [-0.2, -0.15) is 0 Å². The predicted molar refractivity (Wildman–Crippen MR) is 60.2 cm³/mol. The van der Waals surface area contributed by atoms with E-state index in [0.29, 0.717) is 5.02 Å². The molecule has 1 heterocycles. The van der Waals surface area contributed by atoms with Crippen LogP contribution in [0.15, 0.2) is 18.2 Å². The lowest BCUT2D eigenvalue weighted by atomic mass is 10.1. The summed E-state index contributed by atoms with van der Waals surface area (Å²) in [6.07, 6.45) is 1.96. The number of hydrogen-bond acceptors (Lipinski definition) is 2. The van der Waals surface area contributed by atoms with Crippen LogP contribution in [-0.2, 0) is 4.79 Å². The van der Waals surface area contributed by atoms with Crippen molar-refractivity contribution in [1.29, 1.82) is 0 Å². The zero-order valence-electron chi connectivity index (χ0n) is 8.14. The molecule has 1 aromatic rings. The highest BCUT2D eigenvalue weighted by Gasteiger charge is 2.50. The van der Waals surface area contributed by atoms with Crippen molar-refractivity contribution < 1.29 is 4.79 Å². The maximum absolute atomic E-state index is 11.9. The molecule has 1 aromatic carbocycles. The molecule has 0 atom stereocenters. The molecule has 1 amide bonds. The number of anilines is 2. The summed E-state index contributed by atoms with van der Waals surface area (Å²) in [4.78, 5) is 11.9. The van der Waals surface area contributed by atoms with E-state index in [1.807, 2.05) is 12.1 Å². The number of amides is 1. The topological polar surface area (TPSA) is 41.1 Å². The Balaban J connectivity index is 2.00. The average Bonchev–Trinajstić information content (AvgIpc) is 2.98. The molecule has 1 fully saturated rings. The second kappa shape index (κ2) is 2.89. The van der Waals surface area contributed by atoms with Gasteiger partial charge in [0.15, 0.2) is 0 Å². The molecule has 1 spiro atoms. The molecular formula is C11H11ClN2O. The monoisotopic (exact) mass is 222 g/mol. The highest BCUT2D eigenvalue weighted by atomic mass is 35.5. The summed E-state index contributed by atoms with van der Waals surface area (Å²) in [6, 6.07) is 5.51. The van der Waals surface area contributed by atoms with Crippen LogP contribution in [0.1, 0.15) is 12.8 Å². The summed E-state index contributed by atoms with van der Waals surface area (Å²) in [5, 5.41) is 6.86. The van der Waals surface area contributed by atoms with Gasteiger partial charge in [-0.05, 0) is 31.0 Å². The van der Waals surface area contributed by atoms with Crippen molar-refractivity contribution in [2.24, 2.45) is 5.41 Å². The molecule has 15 heavy (non-hydrogen) atoms. The van der Waals surface area contributed by atoms with Gasteiger partial charge in [-0.3, -0.25) is 4.79 Å². The van der Waals surface area contributed by atoms with Gasteiger partial charge in [0.25, 0.3) is 0 Å². The quantitative estimate of drug-likeness (QED) is 0.708. The number of rotatable bonds is 0. The maximum Gasteiger partial charge on any atom is 0.232 e. The van der Waals surface area contributed by atoms with Crippen LogP contribution in [0.4, 0.5) is 11.4 Å². The number of benzene rings is 1. The van der Waals surface area contributed by atoms with E-state index >= 15 is 0 Å². The highest BCUT2D eigenvalue weighted by Crippen LogP contribution is 2.48. The van der Waals surface area contributed by atoms with Gasteiger partial charge in [0.05, 0.1) is 16.8 Å². The van der Waals surface area contributed by atoms with Gasteiger partial charge in [-0.1, -0.05) is 11.6 Å². The zero-order valence-corrected chi connectivity index (χ0v) is 8.90.